The van der Waals surface area contributed by atoms with Gasteiger partial charge in [0.05, 0.1) is 0 Å². The largest absolute Gasteiger partial charge is 0.573 e. The van der Waals surface area contributed by atoms with Gasteiger partial charge in [-0.15, -0.1) is 13.2 Å². The fourth-order valence-electron chi connectivity index (χ4n) is 2.46. The molecule has 0 atom stereocenters. The summed E-state index contributed by atoms with van der Waals surface area (Å²) in [6.07, 6.45) is -1.66. The van der Waals surface area contributed by atoms with E-state index in [1.54, 1.807) is 31.3 Å². The zero-order valence-electron chi connectivity index (χ0n) is 14.3. The minimum absolute atomic E-state index is 0.178. The molecular weight excluding hydrogens is 363 g/mol. The molecule has 0 aromatic heterocycles. The van der Waals surface area contributed by atoms with E-state index in [1.165, 1.54) is 35.2 Å². The molecule has 0 aliphatic carbocycles. The second-order valence-electron chi connectivity index (χ2n) is 5.83. The van der Waals surface area contributed by atoms with Crippen LogP contribution >= 0.6 is 0 Å². The molecule has 0 N–H and O–H groups in total. The van der Waals surface area contributed by atoms with E-state index in [0.29, 0.717) is 17.1 Å². The Hall–Kier alpha value is -3.16. The van der Waals surface area contributed by atoms with E-state index in [1.807, 2.05) is 0 Å². The molecule has 0 saturated carbocycles. The maximum absolute atomic E-state index is 12.2. The van der Waals surface area contributed by atoms with Crippen molar-refractivity contribution in [2.24, 2.45) is 0 Å². The molecule has 142 valence electrons. The van der Waals surface area contributed by atoms with Crippen LogP contribution in [0.25, 0.3) is 6.08 Å². The number of rotatable bonds is 5. The first-order valence-electron chi connectivity index (χ1n) is 7.98. The SMILES string of the molecule is CN(Cc1ccc(OC(F)(F)F)cc1)C(=O)/C=C/c1ccc2c(c1)OCO2. The predicted molar refractivity (Wildman–Crippen MR) is 91.2 cm³/mol. The van der Waals surface area contributed by atoms with Crippen LogP contribution in [-0.4, -0.2) is 31.0 Å². The van der Waals surface area contributed by atoms with Crippen molar-refractivity contribution in [1.29, 1.82) is 0 Å². The number of carbonyl (C=O) groups excluding carboxylic acids is 1. The van der Waals surface area contributed by atoms with Gasteiger partial charge < -0.3 is 19.1 Å². The molecule has 3 rings (SSSR count). The second-order valence-corrected chi connectivity index (χ2v) is 5.83. The van der Waals surface area contributed by atoms with Crippen LogP contribution in [0.4, 0.5) is 13.2 Å². The summed E-state index contributed by atoms with van der Waals surface area (Å²) in [7, 11) is 1.60. The van der Waals surface area contributed by atoms with E-state index in [0.717, 1.165) is 5.56 Å². The van der Waals surface area contributed by atoms with Crippen LogP contribution in [0.3, 0.4) is 0 Å². The van der Waals surface area contributed by atoms with Crippen molar-refractivity contribution in [3.8, 4) is 17.2 Å². The number of hydrogen-bond donors (Lipinski definition) is 0. The molecule has 1 aliphatic rings. The molecule has 1 amide bonds. The summed E-state index contributed by atoms with van der Waals surface area (Å²) in [5.41, 5.74) is 1.46. The molecule has 5 nitrogen and oxygen atoms in total. The normalized spacial score (nSPS) is 13.0. The minimum Gasteiger partial charge on any atom is -0.454 e. The number of ether oxygens (including phenoxy) is 3. The Labute approximate surface area is 153 Å². The van der Waals surface area contributed by atoms with Crippen molar-refractivity contribution in [2.45, 2.75) is 12.9 Å². The number of carbonyl (C=O) groups is 1. The maximum atomic E-state index is 12.2. The van der Waals surface area contributed by atoms with Gasteiger partial charge in [-0.2, -0.15) is 0 Å². The number of likely N-dealkylation sites (N-methyl/N-ethyl adjacent to an activating group) is 1. The van der Waals surface area contributed by atoms with E-state index in [4.69, 9.17) is 9.47 Å². The Bertz CT molecular complexity index is 847. The molecule has 1 aliphatic heterocycles. The fourth-order valence-corrected chi connectivity index (χ4v) is 2.46. The van der Waals surface area contributed by atoms with Crippen molar-refractivity contribution in [3.05, 3.63) is 59.7 Å². The van der Waals surface area contributed by atoms with Crippen LogP contribution < -0.4 is 14.2 Å². The molecule has 0 radical (unpaired) electrons. The van der Waals surface area contributed by atoms with Gasteiger partial charge in [-0.05, 0) is 41.5 Å². The number of halogens is 3. The Morgan fingerprint density at radius 3 is 2.56 bits per heavy atom. The van der Waals surface area contributed by atoms with Gasteiger partial charge in [0, 0.05) is 19.7 Å². The zero-order chi connectivity index (χ0) is 19.4. The van der Waals surface area contributed by atoms with Crippen LogP contribution in [0.5, 0.6) is 17.2 Å². The zero-order valence-corrected chi connectivity index (χ0v) is 14.3. The van der Waals surface area contributed by atoms with Gasteiger partial charge in [-0.3, -0.25) is 4.79 Å². The average Bonchev–Trinajstić information content (AvgIpc) is 3.07. The summed E-state index contributed by atoms with van der Waals surface area (Å²) in [6, 6.07) is 10.7. The monoisotopic (exact) mass is 379 g/mol. The molecule has 2 aromatic rings. The number of hydrogen-bond acceptors (Lipinski definition) is 4. The molecule has 2 aromatic carbocycles. The summed E-state index contributed by atoms with van der Waals surface area (Å²) in [6.45, 7) is 0.424. The molecular formula is C19H16F3NO4. The standard InChI is InChI=1S/C19H16F3NO4/c1-23(11-14-2-6-15(7-3-14)27-19(20,21)22)18(24)9-5-13-4-8-16-17(10-13)26-12-25-16/h2-10H,11-12H2,1H3/b9-5+. The van der Waals surface area contributed by atoms with Gasteiger partial charge >= 0.3 is 6.36 Å². The van der Waals surface area contributed by atoms with Crippen LogP contribution in [0.2, 0.25) is 0 Å². The average molecular weight is 379 g/mol. The minimum atomic E-state index is -4.73. The molecule has 0 fully saturated rings. The van der Waals surface area contributed by atoms with Gasteiger partial charge in [0.1, 0.15) is 5.75 Å². The smallest absolute Gasteiger partial charge is 0.454 e. The number of nitrogens with zero attached hydrogens (tertiary/aromatic N) is 1. The molecule has 0 bridgehead atoms. The van der Waals surface area contributed by atoms with Crippen molar-refractivity contribution >= 4 is 12.0 Å². The lowest BCUT2D eigenvalue weighted by molar-refractivity contribution is -0.274. The van der Waals surface area contributed by atoms with Crippen molar-refractivity contribution in [2.75, 3.05) is 13.8 Å². The summed E-state index contributed by atoms with van der Waals surface area (Å²) >= 11 is 0. The van der Waals surface area contributed by atoms with Crippen LogP contribution in [0.15, 0.2) is 48.5 Å². The first-order valence-corrected chi connectivity index (χ1v) is 7.98. The Morgan fingerprint density at radius 1 is 1.15 bits per heavy atom. The third-order valence-corrected chi connectivity index (χ3v) is 3.77. The summed E-state index contributed by atoms with van der Waals surface area (Å²) in [4.78, 5) is 13.7. The van der Waals surface area contributed by atoms with E-state index in [9.17, 15) is 18.0 Å². The number of fused-ring (bicyclic) bond motifs is 1. The molecule has 0 saturated heterocycles. The van der Waals surface area contributed by atoms with E-state index in [2.05, 4.69) is 4.74 Å². The first kappa shape index (κ1) is 18.6. The summed E-state index contributed by atoms with van der Waals surface area (Å²) in [5, 5.41) is 0. The van der Waals surface area contributed by atoms with Crippen molar-refractivity contribution < 1.29 is 32.2 Å². The number of alkyl halides is 3. The first-order chi connectivity index (χ1) is 12.8. The summed E-state index contributed by atoms with van der Waals surface area (Å²) < 4.78 is 50.8. The van der Waals surface area contributed by atoms with Crippen molar-refractivity contribution in [3.63, 3.8) is 0 Å². The third-order valence-electron chi connectivity index (χ3n) is 3.77. The lowest BCUT2D eigenvalue weighted by Gasteiger charge is -2.16. The highest BCUT2D eigenvalue weighted by Crippen LogP contribution is 2.32. The van der Waals surface area contributed by atoms with Crippen LogP contribution in [0, 0.1) is 0 Å². The van der Waals surface area contributed by atoms with Gasteiger partial charge in [-0.25, -0.2) is 0 Å². The van der Waals surface area contributed by atoms with Gasteiger partial charge in [-0.1, -0.05) is 18.2 Å². The topological polar surface area (TPSA) is 48.0 Å². The maximum Gasteiger partial charge on any atom is 0.573 e. The highest BCUT2D eigenvalue weighted by Gasteiger charge is 2.30. The third kappa shape index (κ3) is 5.16. The lowest BCUT2D eigenvalue weighted by atomic mass is 10.2. The highest BCUT2D eigenvalue weighted by molar-refractivity contribution is 5.91. The Balaban J connectivity index is 1.57. The van der Waals surface area contributed by atoms with E-state index >= 15 is 0 Å². The van der Waals surface area contributed by atoms with E-state index < -0.39 is 6.36 Å². The molecule has 8 heteroatoms. The van der Waals surface area contributed by atoms with Crippen molar-refractivity contribution in [1.82, 2.24) is 4.90 Å². The fraction of sp³-hybridized carbons (Fsp3) is 0.211. The van der Waals surface area contributed by atoms with Gasteiger partial charge in [0.25, 0.3) is 0 Å². The number of amides is 1. The number of benzene rings is 2. The molecule has 27 heavy (non-hydrogen) atoms. The molecule has 0 unspecified atom stereocenters. The Morgan fingerprint density at radius 2 is 1.85 bits per heavy atom. The Kier molecular flexibility index (Phi) is 5.25. The van der Waals surface area contributed by atoms with Crippen LogP contribution in [0.1, 0.15) is 11.1 Å². The lowest BCUT2D eigenvalue weighted by Crippen LogP contribution is -2.24. The van der Waals surface area contributed by atoms with Gasteiger partial charge in [0.2, 0.25) is 12.7 Å². The highest BCUT2D eigenvalue weighted by atomic mass is 19.4. The quantitative estimate of drug-likeness (QED) is 0.738. The summed E-state index contributed by atoms with van der Waals surface area (Å²) in [5.74, 6) is 0.735. The van der Waals surface area contributed by atoms with Gasteiger partial charge in [0.15, 0.2) is 11.5 Å². The molecule has 1 heterocycles. The van der Waals surface area contributed by atoms with Crippen LogP contribution in [-0.2, 0) is 11.3 Å². The predicted octanol–water partition coefficient (Wildman–Crippen LogP) is 3.99. The van der Waals surface area contributed by atoms with E-state index in [-0.39, 0.29) is 25.0 Å². The second kappa shape index (κ2) is 7.61. The molecule has 0 spiro atoms.